The molecule has 186 valence electrons. The first-order valence-corrected chi connectivity index (χ1v) is 12.3. The summed E-state index contributed by atoms with van der Waals surface area (Å²) in [5, 5.41) is 0. The van der Waals surface area contributed by atoms with Crippen molar-refractivity contribution in [3.8, 4) is 0 Å². The third kappa shape index (κ3) is 5.95. The van der Waals surface area contributed by atoms with E-state index < -0.39 is 41.2 Å². The highest BCUT2D eigenvalue weighted by Gasteiger charge is 2.59. The van der Waals surface area contributed by atoms with Crippen LogP contribution in [0.15, 0.2) is 95.9 Å². The molecular formula is C28H26O7S. The van der Waals surface area contributed by atoms with E-state index in [0.29, 0.717) is 11.1 Å². The topological polar surface area (TPSA) is 88.1 Å². The van der Waals surface area contributed by atoms with Crippen LogP contribution in [0.5, 0.6) is 0 Å². The normalized spacial score (nSPS) is 23.0. The highest BCUT2D eigenvalue weighted by atomic mass is 32.2. The van der Waals surface area contributed by atoms with Gasteiger partial charge in [0.1, 0.15) is 18.1 Å². The number of esters is 3. The number of carbonyl (C=O) groups excluding carboxylic acids is 3. The van der Waals surface area contributed by atoms with Gasteiger partial charge in [0, 0.05) is 11.8 Å². The first-order valence-electron chi connectivity index (χ1n) is 11.4. The van der Waals surface area contributed by atoms with Crippen molar-refractivity contribution >= 4 is 29.7 Å². The van der Waals surface area contributed by atoms with Crippen molar-refractivity contribution in [3.05, 3.63) is 102 Å². The average molecular weight is 507 g/mol. The Morgan fingerprint density at radius 1 is 0.833 bits per heavy atom. The van der Waals surface area contributed by atoms with Crippen molar-refractivity contribution in [3.63, 3.8) is 0 Å². The summed E-state index contributed by atoms with van der Waals surface area (Å²) < 4.78 is 23.5. The Labute approximate surface area is 213 Å². The quantitative estimate of drug-likeness (QED) is 0.315. The minimum Gasteiger partial charge on any atom is -0.463 e. The summed E-state index contributed by atoms with van der Waals surface area (Å²) in [6.45, 7) is 2.74. The van der Waals surface area contributed by atoms with Crippen LogP contribution in [-0.2, 0) is 23.7 Å². The maximum Gasteiger partial charge on any atom is 0.338 e. The Balaban J connectivity index is 1.69. The Bertz CT molecular complexity index is 1190. The third-order valence-electron chi connectivity index (χ3n) is 5.75. The van der Waals surface area contributed by atoms with Gasteiger partial charge >= 0.3 is 17.9 Å². The molecule has 4 rings (SSSR count). The summed E-state index contributed by atoms with van der Waals surface area (Å²) in [5.41, 5.74) is -1.52. The molecule has 0 amide bonds. The van der Waals surface area contributed by atoms with E-state index in [-0.39, 0.29) is 6.61 Å². The molecule has 4 atom stereocenters. The van der Waals surface area contributed by atoms with Gasteiger partial charge in [-0.3, -0.25) is 4.79 Å². The second-order valence-corrected chi connectivity index (χ2v) is 9.53. The Morgan fingerprint density at radius 2 is 1.36 bits per heavy atom. The van der Waals surface area contributed by atoms with Crippen LogP contribution < -0.4 is 0 Å². The fourth-order valence-corrected chi connectivity index (χ4v) is 5.05. The van der Waals surface area contributed by atoms with Gasteiger partial charge in [0.05, 0.1) is 11.1 Å². The lowest BCUT2D eigenvalue weighted by Crippen LogP contribution is -2.52. The molecule has 1 unspecified atom stereocenters. The van der Waals surface area contributed by atoms with Gasteiger partial charge in [0.2, 0.25) is 0 Å². The van der Waals surface area contributed by atoms with Crippen LogP contribution in [0.2, 0.25) is 0 Å². The van der Waals surface area contributed by atoms with Crippen LogP contribution in [0.25, 0.3) is 0 Å². The third-order valence-corrected chi connectivity index (χ3v) is 6.88. The van der Waals surface area contributed by atoms with Gasteiger partial charge in [-0.15, -0.1) is 0 Å². The standard InChI is InChI=1S/C28H26O7S/c1-19(29)32-18-23-28(2,35-26(31)21-14-8-4-9-15-21)24(34-25(30)20-12-6-3-7-13-20)27(33-23)36-22-16-10-5-11-17-22/h3-17,23-24,27H,18H2,1-2H3/t23-,24?,27-,28-/m1/s1. The van der Waals surface area contributed by atoms with Crippen LogP contribution in [0.3, 0.4) is 0 Å². The van der Waals surface area contributed by atoms with Crippen LogP contribution in [0.1, 0.15) is 34.6 Å². The van der Waals surface area contributed by atoms with E-state index in [1.54, 1.807) is 67.6 Å². The molecule has 36 heavy (non-hydrogen) atoms. The van der Waals surface area contributed by atoms with Crippen LogP contribution >= 0.6 is 11.8 Å². The number of benzene rings is 3. The predicted molar refractivity (Wildman–Crippen MR) is 134 cm³/mol. The van der Waals surface area contributed by atoms with Crippen molar-refractivity contribution in [1.82, 2.24) is 0 Å². The van der Waals surface area contributed by atoms with Crippen LogP contribution in [0.4, 0.5) is 0 Å². The van der Waals surface area contributed by atoms with E-state index in [9.17, 15) is 14.4 Å². The SMILES string of the molecule is CC(=O)OC[C@H]1O[C@H](Sc2ccccc2)C(OC(=O)c2ccccc2)[C@]1(C)OC(=O)c1ccccc1. The van der Waals surface area contributed by atoms with Gasteiger partial charge in [0.25, 0.3) is 0 Å². The number of hydrogen-bond acceptors (Lipinski definition) is 8. The second kappa shape index (κ2) is 11.4. The van der Waals surface area contributed by atoms with Crippen molar-refractivity contribution < 1.29 is 33.3 Å². The number of ether oxygens (including phenoxy) is 4. The van der Waals surface area contributed by atoms with Gasteiger partial charge in [-0.1, -0.05) is 66.4 Å². The van der Waals surface area contributed by atoms with Gasteiger partial charge < -0.3 is 18.9 Å². The summed E-state index contributed by atoms with van der Waals surface area (Å²) in [4.78, 5) is 38.7. The lowest BCUT2D eigenvalue weighted by Gasteiger charge is -2.34. The molecule has 7 nitrogen and oxygen atoms in total. The highest BCUT2D eigenvalue weighted by molar-refractivity contribution is 7.99. The highest BCUT2D eigenvalue weighted by Crippen LogP contribution is 2.44. The summed E-state index contributed by atoms with van der Waals surface area (Å²) >= 11 is 1.33. The van der Waals surface area contributed by atoms with Crippen molar-refractivity contribution in [2.75, 3.05) is 6.61 Å². The molecule has 0 N–H and O–H groups in total. The molecule has 0 bridgehead atoms. The maximum absolute atomic E-state index is 13.1. The van der Waals surface area contributed by atoms with E-state index in [4.69, 9.17) is 18.9 Å². The molecule has 1 aliphatic rings. The van der Waals surface area contributed by atoms with Crippen molar-refractivity contribution in [1.29, 1.82) is 0 Å². The zero-order chi connectivity index (χ0) is 25.5. The van der Waals surface area contributed by atoms with Gasteiger partial charge in [-0.05, 0) is 43.3 Å². The lowest BCUT2D eigenvalue weighted by atomic mass is 9.94. The minimum absolute atomic E-state index is 0.181. The number of thioether (sulfide) groups is 1. The van der Waals surface area contributed by atoms with Gasteiger partial charge in [0.15, 0.2) is 11.7 Å². The molecule has 8 heteroatoms. The van der Waals surface area contributed by atoms with Crippen molar-refractivity contribution in [2.45, 2.75) is 42.0 Å². The Hall–Kier alpha value is -3.62. The summed E-state index contributed by atoms with van der Waals surface area (Å²) in [6.07, 6.45) is -1.90. The predicted octanol–water partition coefficient (Wildman–Crippen LogP) is 4.91. The maximum atomic E-state index is 13.1. The summed E-state index contributed by atoms with van der Waals surface area (Å²) in [5.74, 6) is -1.70. The fourth-order valence-electron chi connectivity index (χ4n) is 3.83. The molecule has 3 aromatic carbocycles. The number of rotatable bonds is 8. The van der Waals surface area contributed by atoms with E-state index >= 15 is 0 Å². The molecule has 0 saturated carbocycles. The summed E-state index contributed by atoms with van der Waals surface area (Å²) in [6, 6.07) is 26.5. The summed E-state index contributed by atoms with van der Waals surface area (Å²) in [7, 11) is 0. The molecule has 0 aliphatic carbocycles. The number of carbonyl (C=O) groups is 3. The zero-order valence-corrected chi connectivity index (χ0v) is 20.7. The molecule has 1 fully saturated rings. The lowest BCUT2D eigenvalue weighted by molar-refractivity contribution is -0.150. The average Bonchev–Trinajstić information content (AvgIpc) is 3.14. The molecule has 0 spiro atoms. The van der Waals surface area contributed by atoms with Gasteiger partial charge in [-0.2, -0.15) is 0 Å². The second-order valence-electron chi connectivity index (χ2n) is 8.36. The monoisotopic (exact) mass is 506 g/mol. The molecule has 1 aliphatic heterocycles. The van der Waals surface area contributed by atoms with E-state index in [2.05, 4.69) is 0 Å². The largest absolute Gasteiger partial charge is 0.463 e. The molecule has 0 radical (unpaired) electrons. The number of hydrogen-bond donors (Lipinski definition) is 0. The first kappa shape index (κ1) is 25.5. The minimum atomic E-state index is -1.46. The van der Waals surface area contributed by atoms with E-state index in [1.165, 1.54) is 18.7 Å². The Morgan fingerprint density at radius 3 is 1.92 bits per heavy atom. The van der Waals surface area contributed by atoms with Gasteiger partial charge in [-0.25, -0.2) is 9.59 Å². The molecule has 1 heterocycles. The zero-order valence-electron chi connectivity index (χ0n) is 19.9. The molecule has 3 aromatic rings. The molecule has 0 aromatic heterocycles. The van der Waals surface area contributed by atoms with E-state index in [0.717, 1.165) is 4.90 Å². The fraction of sp³-hybridized carbons (Fsp3) is 0.250. The van der Waals surface area contributed by atoms with Crippen LogP contribution in [0, 0.1) is 0 Å². The first-order chi connectivity index (χ1) is 17.4. The molecule has 1 saturated heterocycles. The van der Waals surface area contributed by atoms with Crippen LogP contribution in [-0.4, -0.2) is 47.8 Å². The smallest absolute Gasteiger partial charge is 0.338 e. The Kier molecular flexibility index (Phi) is 8.07. The van der Waals surface area contributed by atoms with Crippen molar-refractivity contribution in [2.24, 2.45) is 0 Å². The molecular weight excluding hydrogens is 480 g/mol. The van der Waals surface area contributed by atoms with E-state index in [1.807, 2.05) is 30.3 Å².